The molecule has 1 amide bonds. The molecule has 0 unspecified atom stereocenters. The summed E-state index contributed by atoms with van der Waals surface area (Å²) in [6.07, 6.45) is -1.13. The first-order chi connectivity index (χ1) is 16.4. The molecule has 2 aromatic carbocycles. The van der Waals surface area contributed by atoms with Crippen molar-refractivity contribution in [3.05, 3.63) is 65.7 Å². The van der Waals surface area contributed by atoms with Crippen molar-refractivity contribution in [3.63, 3.8) is 0 Å². The highest BCUT2D eigenvalue weighted by Crippen LogP contribution is 2.50. The number of nitrogens with one attached hydrogen (secondary N) is 1. The third-order valence-electron chi connectivity index (χ3n) is 5.82. The zero-order valence-electron chi connectivity index (χ0n) is 18.7. The lowest BCUT2D eigenvalue weighted by atomic mass is 9.94. The maximum absolute atomic E-state index is 14.6. The van der Waals surface area contributed by atoms with Crippen LogP contribution >= 0.6 is 0 Å². The van der Waals surface area contributed by atoms with Crippen LogP contribution in [0.5, 0.6) is 5.75 Å². The molecule has 4 rings (SSSR count). The van der Waals surface area contributed by atoms with Crippen LogP contribution in [0.15, 0.2) is 48.8 Å². The number of anilines is 1. The van der Waals surface area contributed by atoms with Gasteiger partial charge >= 0.3 is 12.3 Å². The molecule has 1 fully saturated rings. The second-order valence-corrected chi connectivity index (χ2v) is 8.59. The average Bonchev–Trinajstić information content (AvgIpc) is 3.41. The van der Waals surface area contributed by atoms with Crippen molar-refractivity contribution in [1.82, 2.24) is 9.78 Å². The third-order valence-corrected chi connectivity index (χ3v) is 5.82. The van der Waals surface area contributed by atoms with Crippen molar-refractivity contribution in [2.24, 2.45) is 0 Å². The Morgan fingerprint density at radius 1 is 1.17 bits per heavy atom. The molecule has 0 atom stereocenters. The van der Waals surface area contributed by atoms with Crippen LogP contribution < -0.4 is 10.1 Å². The molecular weight excluding hydrogens is 470 g/mol. The number of nitrogens with zero attached hydrogens (tertiary/aromatic N) is 2. The van der Waals surface area contributed by atoms with E-state index >= 15 is 0 Å². The standard InChI is InChI=1S/C24H21F4N3O4/c1-13(2)31-12-14(11-29-31)17-5-3-15(9-18(17)21(32)33)30-22(34)23(7-8-23)19-6-4-16(10-20(19)25)35-24(26,27)28/h3-6,9-13H,7-8H2,1-2H3,(H,30,34)(H,32,33). The normalized spacial score (nSPS) is 14.6. The highest BCUT2D eigenvalue weighted by atomic mass is 19.4. The lowest BCUT2D eigenvalue weighted by Crippen LogP contribution is -2.29. The van der Waals surface area contributed by atoms with Crippen LogP contribution in [0.4, 0.5) is 23.2 Å². The number of hydrogen-bond donors (Lipinski definition) is 2. The van der Waals surface area contributed by atoms with Gasteiger partial charge in [0.1, 0.15) is 11.6 Å². The van der Waals surface area contributed by atoms with Gasteiger partial charge in [0.05, 0.1) is 17.2 Å². The summed E-state index contributed by atoms with van der Waals surface area (Å²) < 4.78 is 57.2. The Hall–Kier alpha value is -3.89. The number of carboxylic acids is 1. The van der Waals surface area contributed by atoms with Gasteiger partial charge in [-0.15, -0.1) is 13.2 Å². The molecule has 0 bridgehead atoms. The van der Waals surface area contributed by atoms with E-state index in [4.69, 9.17) is 0 Å². The summed E-state index contributed by atoms with van der Waals surface area (Å²) in [5.41, 5.74) is -0.181. The molecule has 3 aromatic rings. The summed E-state index contributed by atoms with van der Waals surface area (Å²) in [6, 6.07) is 7.10. The average molecular weight is 491 g/mol. The van der Waals surface area contributed by atoms with Gasteiger partial charge in [-0.2, -0.15) is 5.10 Å². The van der Waals surface area contributed by atoms with E-state index in [1.165, 1.54) is 12.1 Å². The van der Waals surface area contributed by atoms with Gasteiger partial charge in [-0.1, -0.05) is 12.1 Å². The predicted octanol–water partition coefficient (Wildman–Crippen LogP) is 5.54. The molecule has 184 valence electrons. The van der Waals surface area contributed by atoms with Crippen molar-refractivity contribution in [2.45, 2.75) is 44.5 Å². The monoisotopic (exact) mass is 491 g/mol. The second kappa shape index (κ2) is 8.71. The minimum absolute atomic E-state index is 0.0549. The molecule has 35 heavy (non-hydrogen) atoms. The minimum atomic E-state index is -4.97. The summed E-state index contributed by atoms with van der Waals surface area (Å²) in [7, 11) is 0. The van der Waals surface area contributed by atoms with E-state index in [-0.39, 0.29) is 35.7 Å². The predicted molar refractivity (Wildman–Crippen MR) is 118 cm³/mol. The molecule has 2 N–H and O–H groups in total. The van der Waals surface area contributed by atoms with Crippen molar-refractivity contribution < 1.29 is 37.0 Å². The van der Waals surface area contributed by atoms with Crippen molar-refractivity contribution in [2.75, 3.05) is 5.32 Å². The van der Waals surface area contributed by atoms with E-state index in [0.717, 1.165) is 12.1 Å². The van der Waals surface area contributed by atoms with Gasteiger partial charge < -0.3 is 15.2 Å². The fraction of sp³-hybridized carbons (Fsp3) is 0.292. The number of carbonyl (C=O) groups is 2. The highest BCUT2D eigenvalue weighted by molar-refractivity contribution is 6.03. The topological polar surface area (TPSA) is 93.5 Å². The molecule has 1 saturated carbocycles. The van der Waals surface area contributed by atoms with E-state index in [0.29, 0.717) is 17.2 Å². The fourth-order valence-corrected chi connectivity index (χ4v) is 3.89. The van der Waals surface area contributed by atoms with Gasteiger partial charge in [-0.25, -0.2) is 9.18 Å². The molecule has 0 spiro atoms. The first kappa shape index (κ1) is 24.2. The number of alkyl halides is 3. The summed E-state index contributed by atoms with van der Waals surface area (Å²) in [6.45, 7) is 3.86. The van der Waals surface area contributed by atoms with Crippen LogP contribution in [0.25, 0.3) is 11.1 Å². The smallest absolute Gasteiger partial charge is 0.478 e. The van der Waals surface area contributed by atoms with Crippen molar-refractivity contribution >= 4 is 17.6 Å². The summed E-state index contributed by atoms with van der Waals surface area (Å²) in [5.74, 6) is -3.51. The lowest BCUT2D eigenvalue weighted by Gasteiger charge is -2.18. The van der Waals surface area contributed by atoms with Crippen LogP contribution in [0.1, 0.15) is 48.7 Å². The Labute approximate surface area is 197 Å². The highest BCUT2D eigenvalue weighted by Gasteiger charge is 2.53. The van der Waals surface area contributed by atoms with Gasteiger partial charge in [0.2, 0.25) is 5.91 Å². The van der Waals surface area contributed by atoms with E-state index < -0.39 is 35.2 Å². The molecule has 1 aliphatic carbocycles. The number of rotatable bonds is 7. The second-order valence-electron chi connectivity index (χ2n) is 8.59. The van der Waals surface area contributed by atoms with E-state index in [9.17, 15) is 32.3 Å². The first-order valence-electron chi connectivity index (χ1n) is 10.7. The van der Waals surface area contributed by atoms with E-state index in [1.807, 2.05) is 13.8 Å². The Bertz CT molecular complexity index is 1300. The van der Waals surface area contributed by atoms with E-state index in [1.54, 1.807) is 23.1 Å². The number of amides is 1. The molecule has 7 nitrogen and oxygen atoms in total. The summed E-state index contributed by atoms with van der Waals surface area (Å²) in [4.78, 5) is 24.9. The SMILES string of the molecule is CC(C)n1cc(-c2ccc(NC(=O)C3(c4ccc(OC(F)(F)F)cc4F)CC3)cc2C(=O)O)cn1. The summed E-state index contributed by atoms with van der Waals surface area (Å²) >= 11 is 0. The van der Waals surface area contributed by atoms with Crippen LogP contribution in [0.3, 0.4) is 0 Å². The Morgan fingerprint density at radius 3 is 2.43 bits per heavy atom. The lowest BCUT2D eigenvalue weighted by molar-refractivity contribution is -0.274. The molecule has 0 aliphatic heterocycles. The molecule has 0 saturated heterocycles. The largest absolute Gasteiger partial charge is 0.573 e. The third kappa shape index (κ3) is 4.98. The first-order valence-corrected chi connectivity index (χ1v) is 10.7. The molecule has 1 heterocycles. The van der Waals surface area contributed by atoms with Gasteiger partial charge in [-0.3, -0.25) is 9.48 Å². The molecule has 0 radical (unpaired) electrons. The zero-order valence-corrected chi connectivity index (χ0v) is 18.7. The quantitative estimate of drug-likeness (QED) is 0.424. The Balaban J connectivity index is 1.58. The van der Waals surface area contributed by atoms with E-state index in [2.05, 4.69) is 15.2 Å². The van der Waals surface area contributed by atoms with Crippen molar-refractivity contribution in [1.29, 1.82) is 0 Å². The van der Waals surface area contributed by atoms with Crippen LogP contribution in [0.2, 0.25) is 0 Å². The minimum Gasteiger partial charge on any atom is -0.478 e. The number of hydrogen-bond acceptors (Lipinski definition) is 4. The van der Waals surface area contributed by atoms with Crippen LogP contribution in [-0.4, -0.2) is 33.1 Å². The number of halogens is 4. The number of carboxylic acid groups (broad SMARTS) is 1. The number of ether oxygens (including phenoxy) is 1. The maximum Gasteiger partial charge on any atom is 0.573 e. The Morgan fingerprint density at radius 2 is 1.89 bits per heavy atom. The number of carbonyl (C=O) groups excluding carboxylic acids is 1. The summed E-state index contributed by atoms with van der Waals surface area (Å²) in [5, 5.41) is 16.6. The molecule has 1 aliphatic rings. The van der Waals surface area contributed by atoms with Gasteiger partial charge in [0.25, 0.3) is 0 Å². The number of aromatic carboxylic acids is 1. The van der Waals surface area contributed by atoms with Gasteiger partial charge in [0, 0.05) is 35.1 Å². The van der Waals surface area contributed by atoms with Crippen LogP contribution in [0, 0.1) is 5.82 Å². The number of aromatic nitrogens is 2. The molecule has 1 aromatic heterocycles. The maximum atomic E-state index is 14.6. The Kier molecular flexibility index (Phi) is 6.04. The molecule has 11 heteroatoms. The molecular formula is C24H21F4N3O4. The van der Waals surface area contributed by atoms with Gasteiger partial charge in [0.15, 0.2) is 0 Å². The fourth-order valence-electron chi connectivity index (χ4n) is 3.89. The van der Waals surface area contributed by atoms with Crippen LogP contribution in [-0.2, 0) is 10.2 Å². The van der Waals surface area contributed by atoms with Crippen molar-refractivity contribution in [3.8, 4) is 16.9 Å². The van der Waals surface area contributed by atoms with Gasteiger partial charge in [-0.05, 0) is 50.5 Å². The number of benzene rings is 2. The zero-order chi connectivity index (χ0) is 25.5.